The van der Waals surface area contributed by atoms with E-state index in [9.17, 15) is 23.2 Å². The third-order valence-corrected chi connectivity index (χ3v) is 11.7. The zero-order valence-corrected chi connectivity index (χ0v) is 32.6. The lowest BCUT2D eigenvalue weighted by molar-refractivity contribution is -0.134. The number of rotatable bonds is 9. The predicted octanol–water partition coefficient (Wildman–Crippen LogP) is 5.03. The second-order valence-corrected chi connectivity index (χ2v) is 15.6. The van der Waals surface area contributed by atoms with Gasteiger partial charge in [-0.2, -0.15) is 15.3 Å². The highest BCUT2D eigenvalue weighted by atomic mass is 19.3. The Morgan fingerprint density at radius 1 is 1.00 bits per heavy atom. The molecule has 0 bridgehead atoms. The lowest BCUT2D eigenvalue weighted by Crippen LogP contribution is -2.41. The molecule has 1 atom stereocenters. The van der Waals surface area contributed by atoms with Crippen molar-refractivity contribution in [1.82, 2.24) is 44.8 Å². The summed E-state index contributed by atoms with van der Waals surface area (Å²) >= 11 is 0. The van der Waals surface area contributed by atoms with E-state index in [1.165, 1.54) is 75.3 Å². The number of benzene rings is 1. The highest BCUT2D eigenvalue weighted by Crippen LogP contribution is 2.32. The number of ether oxygens (including phenoxy) is 1. The van der Waals surface area contributed by atoms with Gasteiger partial charge in [0.25, 0.3) is 12.3 Å². The normalized spacial score (nSPS) is 20.0. The van der Waals surface area contributed by atoms with E-state index in [4.69, 9.17) is 4.74 Å². The Morgan fingerprint density at radius 2 is 1.79 bits per heavy atom. The summed E-state index contributed by atoms with van der Waals surface area (Å²) in [5.74, 6) is 0.246. The van der Waals surface area contributed by atoms with Crippen LogP contribution in [0.4, 0.5) is 26.0 Å². The second kappa shape index (κ2) is 17.6. The minimum absolute atomic E-state index is 0.0753. The van der Waals surface area contributed by atoms with Crippen molar-refractivity contribution in [1.29, 1.82) is 0 Å². The minimum atomic E-state index is -2.78. The van der Waals surface area contributed by atoms with E-state index in [2.05, 4.69) is 64.4 Å². The van der Waals surface area contributed by atoms with Crippen LogP contribution in [0, 0.1) is 5.92 Å². The SMILES string of the molecule is Cn1nc(C2CCC(=O)NC2=O)c2ccc(NC3CCN(CC4CCCCC4)CC3)cc21.O=C(Nc1cn[nH]c1C(F)F)c1cnn2ccc(N3CCOCC3)nc12. The van der Waals surface area contributed by atoms with Crippen LogP contribution in [0.1, 0.15) is 91.9 Å². The molecule has 0 radical (unpaired) electrons. The molecule has 3 amide bonds. The molecule has 1 aromatic carbocycles. The molecular formula is C40H50F2N12O4. The van der Waals surface area contributed by atoms with Crippen LogP contribution >= 0.6 is 0 Å². The number of alkyl halides is 2. The fourth-order valence-electron chi connectivity index (χ4n) is 8.56. The maximum absolute atomic E-state index is 12.9. The molecule has 3 saturated heterocycles. The van der Waals surface area contributed by atoms with Gasteiger partial charge in [0.15, 0.2) is 5.65 Å². The number of carbonyl (C=O) groups excluding carboxylic acids is 3. The lowest BCUT2D eigenvalue weighted by Gasteiger charge is -2.36. The Balaban J connectivity index is 0.000000165. The number of piperidine rings is 2. The van der Waals surface area contributed by atoms with E-state index >= 15 is 0 Å². The van der Waals surface area contributed by atoms with Gasteiger partial charge in [0.05, 0.1) is 48.4 Å². The van der Waals surface area contributed by atoms with Gasteiger partial charge < -0.3 is 25.2 Å². The highest BCUT2D eigenvalue weighted by molar-refractivity contribution is 6.08. The Morgan fingerprint density at radius 3 is 2.55 bits per heavy atom. The Labute approximate surface area is 334 Å². The Kier molecular flexibility index (Phi) is 11.9. The number of nitrogens with zero attached hydrogens (tertiary/aromatic N) is 8. The Hall–Kier alpha value is -5.49. The molecule has 4 fully saturated rings. The average molecular weight is 801 g/mol. The van der Waals surface area contributed by atoms with Crippen LogP contribution < -0.4 is 20.9 Å². The smallest absolute Gasteiger partial charge is 0.281 e. The van der Waals surface area contributed by atoms with Crippen molar-refractivity contribution in [3.63, 3.8) is 0 Å². The maximum Gasteiger partial charge on any atom is 0.281 e. The monoisotopic (exact) mass is 800 g/mol. The van der Waals surface area contributed by atoms with Gasteiger partial charge in [-0.25, -0.2) is 18.3 Å². The average Bonchev–Trinajstić information content (AvgIpc) is 3.97. The van der Waals surface area contributed by atoms with Crippen molar-refractivity contribution in [2.75, 3.05) is 61.5 Å². The summed E-state index contributed by atoms with van der Waals surface area (Å²) in [5, 5.41) is 24.1. The van der Waals surface area contributed by atoms with Crippen molar-refractivity contribution in [2.45, 2.75) is 76.2 Å². The number of nitrogens with one attached hydrogen (secondary N) is 4. The summed E-state index contributed by atoms with van der Waals surface area (Å²) in [7, 11) is 1.92. The highest BCUT2D eigenvalue weighted by Gasteiger charge is 2.32. The number of carbonyl (C=O) groups is 3. The van der Waals surface area contributed by atoms with Gasteiger partial charge in [-0.3, -0.25) is 29.5 Å². The van der Waals surface area contributed by atoms with Gasteiger partial charge in [0, 0.05) is 69.5 Å². The second-order valence-electron chi connectivity index (χ2n) is 15.6. The van der Waals surface area contributed by atoms with E-state index in [0.29, 0.717) is 56.7 Å². The number of aryl methyl sites for hydroxylation is 1. The van der Waals surface area contributed by atoms with Crippen molar-refractivity contribution in [3.05, 3.63) is 59.8 Å². The summed E-state index contributed by atoms with van der Waals surface area (Å²) < 4.78 is 34.4. The summed E-state index contributed by atoms with van der Waals surface area (Å²) in [5.41, 5.74) is 2.90. The van der Waals surface area contributed by atoms with Crippen LogP contribution in [0.3, 0.4) is 0 Å². The van der Waals surface area contributed by atoms with Gasteiger partial charge >= 0.3 is 0 Å². The van der Waals surface area contributed by atoms with Crippen LogP contribution in [0.5, 0.6) is 0 Å². The van der Waals surface area contributed by atoms with Gasteiger partial charge in [0.1, 0.15) is 17.1 Å². The van der Waals surface area contributed by atoms with Crippen LogP contribution in [0.2, 0.25) is 0 Å². The van der Waals surface area contributed by atoms with E-state index < -0.39 is 18.0 Å². The van der Waals surface area contributed by atoms with E-state index in [1.807, 2.05) is 16.6 Å². The van der Waals surface area contributed by atoms with Crippen molar-refractivity contribution < 1.29 is 27.9 Å². The summed E-state index contributed by atoms with van der Waals surface area (Å²) in [6, 6.07) is 8.62. The number of hydrogen-bond acceptors (Lipinski definition) is 11. The number of halogens is 2. The largest absolute Gasteiger partial charge is 0.382 e. The molecule has 4 N–H and O–H groups in total. The van der Waals surface area contributed by atoms with Crippen molar-refractivity contribution in [2.24, 2.45) is 13.0 Å². The first-order chi connectivity index (χ1) is 28.2. The number of aromatic amines is 1. The molecule has 308 valence electrons. The first kappa shape index (κ1) is 39.3. The van der Waals surface area contributed by atoms with Crippen LogP contribution in [0.15, 0.2) is 42.9 Å². The first-order valence-electron chi connectivity index (χ1n) is 20.3. The number of amides is 3. The molecule has 0 spiro atoms. The molecule has 3 aliphatic heterocycles. The number of fused-ring (bicyclic) bond motifs is 2. The fourth-order valence-corrected chi connectivity index (χ4v) is 8.56. The fraction of sp³-hybridized carbons (Fsp3) is 0.525. The lowest BCUT2D eigenvalue weighted by atomic mass is 9.88. The molecule has 1 aliphatic carbocycles. The predicted molar refractivity (Wildman–Crippen MR) is 213 cm³/mol. The van der Waals surface area contributed by atoms with Gasteiger partial charge in [-0.05, 0) is 62.3 Å². The van der Waals surface area contributed by atoms with Crippen LogP contribution in [-0.2, 0) is 21.4 Å². The zero-order chi connectivity index (χ0) is 40.2. The molecule has 7 heterocycles. The molecule has 16 nitrogen and oxygen atoms in total. The summed E-state index contributed by atoms with van der Waals surface area (Å²) in [4.78, 5) is 45.6. The molecule has 4 aromatic heterocycles. The van der Waals surface area contributed by atoms with Crippen LogP contribution in [0.25, 0.3) is 16.6 Å². The number of anilines is 3. The minimum Gasteiger partial charge on any atom is -0.382 e. The number of morpholine rings is 1. The molecule has 9 rings (SSSR count). The third kappa shape index (κ3) is 8.82. The molecule has 1 unspecified atom stereocenters. The van der Waals surface area contributed by atoms with Crippen molar-refractivity contribution in [3.8, 4) is 0 Å². The van der Waals surface area contributed by atoms with Gasteiger partial charge in [-0.1, -0.05) is 19.3 Å². The van der Waals surface area contributed by atoms with E-state index in [1.54, 1.807) is 12.3 Å². The first-order valence-corrected chi connectivity index (χ1v) is 20.3. The Bertz CT molecular complexity index is 2230. The van der Waals surface area contributed by atoms with E-state index in [0.717, 1.165) is 34.4 Å². The molecule has 58 heavy (non-hydrogen) atoms. The number of likely N-dealkylation sites (tertiary alicyclic amines) is 1. The zero-order valence-electron chi connectivity index (χ0n) is 32.6. The molecule has 18 heteroatoms. The standard InChI is InChI=1S/C25H35N5O2.C15H15F2N7O2/c1-29-22-15-19(7-8-20(22)24(28-29)21-9-10-23(31)27-25(21)32)26-18-11-13-30(14-12-18)16-17-5-3-2-4-6-17;16-13(17)12-10(8-18-22-12)20-15(25)9-7-19-24-2-1-11(21-14(9)24)23-3-5-26-6-4-23/h7-8,15,17-18,21,26H,2-6,9-14,16H2,1H3,(H,27,31,32);1-2,7-8,13H,3-6H2,(H,18,22)(H,20,25). The van der Waals surface area contributed by atoms with Crippen molar-refractivity contribution >= 4 is 51.5 Å². The van der Waals surface area contributed by atoms with Crippen LogP contribution in [-0.4, -0.2) is 109 Å². The number of aromatic nitrogens is 7. The van der Waals surface area contributed by atoms with Gasteiger partial charge in [0.2, 0.25) is 11.8 Å². The number of imide groups is 1. The number of hydrogen-bond donors (Lipinski definition) is 4. The third-order valence-electron chi connectivity index (χ3n) is 11.7. The molecule has 4 aliphatic rings. The molecule has 1 saturated carbocycles. The number of H-pyrrole nitrogens is 1. The quantitative estimate of drug-likeness (QED) is 0.147. The molecular weight excluding hydrogens is 751 g/mol. The topological polar surface area (TPSA) is 180 Å². The summed E-state index contributed by atoms with van der Waals surface area (Å²) in [6.07, 6.45) is 11.8. The maximum atomic E-state index is 12.9. The van der Waals surface area contributed by atoms with Gasteiger partial charge in [-0.15, -0.1) is 0 Å². The van der Waals surface area contributed by atoms with E-state index in [-0.39, 0.29) is 29.0 Å². The summed E-state index contributed by atoms with van der Waals surface area (Å²) in [6.45, 7) is 6.27. The molecule has 5 aromatic rings.